The number of carbonyl (C=O) groups excluding carboxylic acids is 1. The fraction of sp³-hybridized carbons (Fsp3) is 0.200. The molecule has 25 heavy (non-hydrogen) atoms. The number of hydrogen-bond acceptors (Lipinski definition) is 4. The zero-order valence-corrected chi connectivity index (χ0v) is 14.1. The second-order valence-corrected chi connectivity index (χ2v) is 6.10. The molecule has 128 valence electrons. The number of benzene rings is 2. The lowest BCUT2D eigenvalue weighted by Crippen LogP contribution is -2.33. The molecule has 5 heteroatoms. The molecule has 0 aliphatic carbocycles. The van der Waals surface area contributed by atoms with Gasteiger partial charge in [0.15, 0.2) is 0 Å². The maximum Gasteiger partial charge on any atom is 0.344 e. The van der Waals surface area contributed by atoms with E-state index in [9.17, 15) is 14.7 Å². The molecule has 0 saturated heterocycles. The largest absolute Gasteiger partial charge is 0.422 e. The van der Waals surface area contributed by atoms with Crippen LogP contribution in [0, 0.1) is 0 Å². The summed E-state index contributed by atoms with van der Waals surface area (Å²) in [6.07, 6.45) is -0.607. The first-order valence-corrected chi connectivity index (χ1v) is 8.02. The third-order valence-electron chi connectivity index (χ3n) is 3.95. The molecular weight excluding hydrogens is 318 g/mol. The Bertz CT molecular complexity index is 975. The van der Waals surface area contributed by atoms with Crippen LogP contribution in [0.15, 0.2) is 63.8 Å². The monoisotopic (exact) mass is 337 g/mol. The van der Waals surface area contributed by atoms with Gasteiger partial charge in [-0.25, -0.2) is 4.79 Å². The van der Waals surface area contributed by atoms with E-state index in [4.69, 9.17) is 4.42 Å². The summed E-state index contributed by atoms with van der Waals surface area (Å²) in [5.74, 6) is -0.215. The van der Waals surface area contributed by atoms with E-state index in [1.165, 1.54) is 4.90 Å². The van der Waals surface area contributed by atoms with Crippen LogP contribution in [-0.2, 0) is 0 Å². The average Bonchev–Trinajstić information content (AvgIpc) is 2.60. The minimum absolute atomic E-state index is 0.215. The van der Waals surface area contributed by atoms with Gasteiger partial charge in [-0.2, -0.15) is 0 Å². The zero-order valence-electron chi connectivity index (χ0n) is 14.1. The summed E-state index contributed by atoms with van der Waals surface area (Å²) in [6, 6.07) is 15.9. The van der Waals surface area contributed by atoms with Crippen molar-refractivity contribution in [3.8, 4) is 11.1 Å². The van der Waals surface area contributed by atoms with E-state index in [-0.39, 0.29) is 12.5 Å². The summed E-state index contributed by atoms with van der Waals surface area (Å²) < 4.78 is 5.36. The highest BCUT2D eigenvalue weighted by Gasteiger charge is 2.15. The fourth-order valence-corrected chi connectivity index (χ4v) is 2.78. The van der Waals surface area contributed by atoms with E-state index in [2.05, 4.69) is 0 Å². The Kier molecular flexibility index (Phi) is 4.67. The Balaban J connectivity index is 2.01. The number of para-hydroxylation sites is 1. The van der Waals surface area contributed by atoms with Crippen molar-refractivity contribution in [1.29, 1.82) is 0 Å². The molecule has 3 rings (SSSR count). The SMILES string of the molecule is CC(O)CN(C)C(=O)c1cccc(-c2cc3ccccc3oc2=O)c1. The number of amides is 1. The second kappa shape index (κ2) is 6.91. The fourth-order valence-electron chi connectivity index (χ4n) is 2.78. The summed E-state index contributed by atoms with van der Waals surface area (Å²) in [4.78, 5) is 26.2. The van der Waals surface area contributed by atoms with E-state index < -0.39 is 11.7 Å². The van der Waals surface area contributed by atoms with Crippen LogP contribution in [0.1, 0.15) is 17.3 Å². The predicted molar refractivity (Wildman–Crippen MR) is 96.6 cm³/mol. The van der Waals surface area contributed by atoms with E-state index in [0.29, 0.717) is 22.3 Å². The molecule has 3 aromatic rings. The van der Waals surface area contributed by atoms with E-state index in [0.717, 1.165) is 5.39 Å². The molecule has 0 bridgehead atoms. The Morgan fingerprint density at radius 2 is 1.92 bits per heavy atom. The second-order valence-electron chi connectivity index (χ2n) is 6.10. The molecule has 5 nitrogen and oxygen atoms in total. The molecule has 1 unspecified atom stereocenters. The summed E-state index contributed by atoms with van der Waals surface area (Å²) in [7, 11) is 1.63. The lowest BCUT2D eigenvalue weighted by atomic mass is 10.0. The Labute approximate surface area is 145 Å². The molecule has 0 aliphatic rings. The van der Waals surface area contributed by atoms with Crippen molar-refractivity contribution in [2.24, 2.45) is 0 Å². The van der Waals surface area contributed by atoms with Crippen LogP contribution >= 0.6 is 0 Å². The Morgan fingerprint density at radius 1 is 1.16 bits per heavy atom. The highest BCUT2D eigenvalue weighted by molar-refractivity contribution is 5.95. The van der Waals surface area contributed by atoms with Gasteiger partial charge in [-0.15, -0.1) is 0 Å². The Morgan fingerprint density at radius 3 is 2.68 bits per heavy atom. The number of aliphatic hydroxyl groups is 1. The summed E-state index contributed by atoms with van der Waals surface area (Å²) in [5.41, 5.74) is 1.57. The molecule has 0 fully saturated rings. The summed E-state index contributed by atoms with van der Waals surface area (Å²) in [5, 5.41) is 10.3. The topological polar surface area (TPSA) is 70.8 Å². The van der Waals surface area contributed by atoms with Crippen molar-refractivity contribution >= 4 is 16.9 Å². The average molecular weight is 337 g/mol. The van der Waals surface area contributed by atoms with Crippen molar-refractivity contribution in [3.05, 3.63) is 70.6 Å². The van der Waals surface area contributed by atoms with Crippen LogP contribution < -0.4 is 5.63 Å². The van der Waals surface area contributed by atoms with Gasteiger partial charge < -0.3 is 14.4 Å². The van der Waals surface area contributed by atoms with Crippen molar-refractivity contribution in [1.82, 2.24) is 4.90 Å². The minimum atomic E-state index is -0.607. The van der Waals surface area contributed by atoms with Crippen LogP contribution in [0.2, 0.25) is 0 Å². The van der Waals surface area contributed by atoms with Gasteiger partial charge in [0.25, 0.3) is 5.91 Å². The van der Waals surface area contributed by atoms with E-state index in [1.54, 1.807) is 50.4 Å². The molecule has 1 heterocycles. The van der Waals surface area contributed by atoms with Crippen LogP contribution in [0.3, 0.4) is 0 Å². The van der Waals surface area contributed by atoms with Gasteiger partial charge in [-0.3, -0.25) is 4.79 Å². The smallest absolute Gasteiger partial charge is 0.344 e. The molecule has 1 aromatic heterocycles. The number of hydrogen-bond donors (Lipinski definition) is 1. The summed E-state index contributed by atoms with van der Waals surface area (Å²) in [6.45, 7) is 1.86. The first kappa shape index (κ1) is 16.9. The highest BCUT2D eigenvalue weighted by Crippen LogP contribution is 2.22. The van der Waals surface area contributed by atoms with Gasteiger partial charge in [0.1, 0.15) is 5.58 Å². The third kappa shape index (κ3) is 3.61. The van der Waals surface area contributed by atoms with Crippen LogP contribution in [0.25, 0.3) is 22.1 Å². The molecule has 2 aromatic carbocycles. The number of rotatable bonds is 4. The normalized spacial score (nSPS) is 12.1. The molecule has 0 saturated carbocycles. The van der Waals surface area contributed by atoms with E-state index >= 15 is 0 Å². The lowest BCUT2D eigenvalue weighted by molar-refractivity contribution is 0.0704. The number of aliphatic hydroxyl groups excluding tert-OH is 1. The number of carbonyl (C=O) groups is 1. The van der Waals surface area contributed by atoms with Crippen LogP contribution in [-0.4, -0.2) is 35.6 Å². The zero-order chi connectivity index (χ0) is 18.0. The molecule has 0 radical (unpaired) electrons. The molecule has 0 spiro atoms. The van der Waals surface area contributed by atoms with E-state index in [1.807, 2.05) is 18.2 Å². The van der Waals surface area contributed by atoms with Crippen LogP contribution in [0.4, 0.5) is 0 Å². The first-order valence-electron chi connectivity index (χ1n) is 8.02. The van der Waals surface area contributed by atoms with Crippen molar-refractivity contribution < 1.29 is 14.3 Å². The van der Waals surface area contributed by atoms with Gasteiger partial charge in [0.2, 0.25) is 0 Å². The van der Waals surface area contributed by atoms with Gasteiger partial charge >= 0.3 is 5.63 Å². The minimum Gasteiger partial charge on any atom is -0.422 e. The molecule has 1 atom stereocenters. The number of nitrogens with zero attached hydrogens (tertiary/aromatic N) is 1. The van der Waals surface area contributed by atoms with Gasteiger partial charge in [0, 0.05) is 24.5 Å². The van der Waals surface area contributed by atoms with Gasteiger partial charge in [-0.1, -0.05) is 30.3 Å². The quantitative estimate of drug-likeness (QED) is 0.743. The summed E-state index contributed by atoms with van der Waals surface area (Å²) >= 11 is 0. The number of likely N-dealkylation sites (N-methyl/N-ethyl adjacent to an activating group) is 1. The maximum atomic E-state index is 12.5. The van der Waals surface area contributed by atoms with Crippen LogP contribution in [0.5, 0.6) is 0 Å². The molecule has 1 amide bonds. The third-order valence-corrected chi connectivity index (χ3v) is 3.95. The standard InChI is InChI=1S/C20H19NO4/c1-13(22)12-21(2)19(23)16-8-5-7-14(10-16)17-11-15-6-3-4-9-18(15)25-20(17)24/h3-11,13,22H,12H2,1-2H3. The highest BCUT2D eigenvalue weighted by atomic mass is 16.4. The van der Waals surface area contributed by atoms with Gasteiger partial charge in [0.05, 0.1) is 11.7 Å². The van der Waals surface area contributed by atoms with Crippen molar-refractivity contribution in [3.63, 3.8) is 0 Å². The molecule has 0 aliphatic heterocycles. The molecular formula is C20H19NO4. The molecule has 1 N–H and O–H groups in total. The predicted octanol–water partition coefficient (Wildman–Crippen LogP) is 2.91. The Hall–Kier alpha value is -2.92. The number of fused-ring (bicyclic) bond motifs is 1. The van der Waals surface area contributed by atoms with Crippen molar-refractivity contribution in [2.45, 2.75) is 13.0 Å². The van der Waals surface area contributed by atoms with Crippen molar-refractivity contribution in [2.75, 3.05) is 13.6 Å². The lowest BCUT2D eigenvalue weighted by Gasteiger charge is -2.19. The van der Waals surface area contributed by atoms with Gasteiger partial charge in [-0.05, 0) is 36.8 Å². The first-order chi connectivity index (χ1) is 12.0. The maximum absolute atomic E-state index is 12.5.